The molecule has 0 aliphatic carbocycles. The number of carbonyl (C=O) groups excluding carboxylic acids is 5. The Balaban J connectivity index is 2.17. The molecule has 2 aromatic carbocycles. The number of benzene rings is 2. The Hall–Kier alpha value is -5.18. The van der Waals surface area contributed by atoms with Gasteiger partial charge in [0.25, 0.3) is 0 Å². The summed E-state index contributed by atoms with van der Waals surface area (Å²) in [6, 6.07) is 15.1. The van der Waals surface area contributed by atoms with E-state index in [1.165, 1.54) is 6.92 Å². The number of rotatable bonds is 13. The first-order valence-electron chi connectivity index (χ1n) is 16.1. The number of nitrogens with zero attached hydrogens (tertiary/aromatic N) is 1. The zero-order valence-electron chi connectivity index (χ0n) is 29.6. The summed E-state index contributed by atoms with van der Waals surface area (Å²) in [5.41, 5.74) is -0.240. The second kappa shape index (κ2) is 19.7. The fourth-order valence-electron chi connectivity index (χ4n) is 4.02. The SMILES string of the molecule is CC(O)C(NC(=O)[C@H](CCCN=C(NC(=O)OC(C)(C)C)NC(=O)OC(C)(C)C)NC(=O)OCc1ccccc1)C(=O)OCc1ccccc1. The van der Waals surface area contributed by atoms with Gasteiger partial charge >= 0.3 is 24.2 Å². The van der Waals surface area contributed by atoms with Gasteiger partial charge in [-0.3, -0.25) is 20.4 Å². The Morgan fingerprint density at radius 2 is 1.20 bits per heavy atom. The fourth-order valence-corrected chi connectivity index (χ4v) is 4.02. The lowest BCUT2D eigenvalue weighted by Gasteiger charge is -2.24. The number of aliphatic hydroxyl groups excluding tert-OH is 1. The van der Waals surface area contributed by atoms with Gasteiger partial charge in [0.2, 0.25) is 11.9 Å². The number of esters is 1. The number of hydrogen-bond acceptors (Lipinski definition) is 11. The molecule has 274 valence electrons. The summed E-state index contributed by atoms with van der Waals surface area (Å²) in [5, 5.41) is 20.0. The second-order valence-electron chi connectivity index (χ2n) is 13.2. The molecule has 4 amide bonds. The van der Waals surface area contributed by atoms with Crippen LogP contribution in [0.5, 0.6) is 0 Å². The number of carbonyl (C=O) groups is 5. The van der Waals surface area contributed by atoms with E-state index in [0.717, 1.165) is 5.56 Å². The van der Waals surface area contributed by atoms with Crippen molar-refractivity contribution in [3.05, 3.63) is 71.8 Å². The number of aliphatic imine (C=N–C) groups is 1. The highest BCUT2D eigenvalue weighted by molar-refractivity contribution is 6.01. The third-order valence-corrected chi connectivity index (χ3v) is 6.24. The standard InChI is InChI=1S/C35H49N5O10/c1-23(41)27(29(43)47-21-24-15-10-8-11-16-24)38-28(42)26(37-31(44)48-22-25-17-12-9-13-18-25)19-14-20-36-30(39-32(45)49-34(2,3)4)40-33(46)50-35(5,6)7/h8-13,15-18,23,26-27,41H,14,19-22H2,1-7H3,(H,37,44)(H,38,42)(H2,36,39,40,45,46)/t23?,26-,27?/m0/s1. The molecule has 0 saturated heterocycles. The van der Waals surface area contributed by atoms with Crippen LogP contribution in [0.1, 0.15) is 72.4 Å². The lowest BCUT2D eigenvalue weighted by atomic mass is 10.1. The van der Waals surface area contributed by atoms with Gasteiger partial charge < -0.3 is 34.7 Å². The van der Waals surface area contributed by atoms with Crippen molar-refractivity contribution in [2.24, 2.45) is 4.99 Å². The molecule has 0 bridgehead atoms. The molecule has 0 fully saturated rings. The van der Waals surface area contributed by atoms with E-state index in [-0.39, 0.29) is 38.6 Å². The molecule has 2 unspecified atom stereocenters. The highest BCUT2D eigenvalue weighted by Crippen LogP contribution is 2.10. The number of alkyl carbamates (subject to hydrolysis) is 3. The van der Waals surface area contributed by atoms with Crippen LogP contribution in [-0.4, -0.2) is 77.2 Å². The molecule has 3 atom stereocenters. The van der Waals surface area contributed by atoms with Crippen molar-refractivity contribution in [1.82, 2.24) is 21.3 Å². The van der Waals surface area contributed by atoms with Crippen LogP contribution >= 0.6 is 0 Å². The Morgan fingerprint density at radius 1 is 0.720 bits per heavy atom. The number of aliphatic hydroxyl groups is 1. The third kappa shape index (κ3) is 17.3. The maximum Gasteiger partial charge on any atom is 0.414 e. The van der Waals surface area contributed by atoms with Crippen LogP contribution in [-0.2, 0) is 41.8 Å². The molecular weight excluding hydrogens is 650 g/mol. The summed E-state index contributed by atoms with van der Waals surface area (Å²) >= 11 is 0. The highest BCUT2D eigenvalue weighted by Gasteiger charge is 2.31. The molecule has 5 N–H and O–H groups in total. The first-order valence-corrected chi connectivity index (χ1v) is 16.1. The zero-order valence-corrected chi connectivity index (χ0v) is 29.6. The maximum atomic E-state index is 13.4. The van der Waals surface area contributed by atoms with Crippen LogP contribution in [0.4, 0.5) is 14.4 Å². The van der Waals surface area contributed by atoms with Gasteiger partial charge in [0.1, 0.15) is 30.5 Å². The van der Waals surface area contributed by atoms with E-state index in [0.29, 0.717) is 5.56 Å². The normalized spacial score (nSPS) is 13.0. The summed E-state index contributed by atoms with van der Waals surface area (Å²) in [6.45, 7) is 11.1. The van der Waals surface area contributed by atoms with E-state index in [9.17, 15) is 29.1 Å². The van der Waals surface area contributed by atoms with Crippen LogP contribution in [0.15, 0.2) is 65.7 Å². The molecule has 2 aromatic rings. The number of ether oxygens (including phenoxy) is 4. The molecule has 0 aliphatic heterocycles. The summed E-state index contributed by atoms with van der Waals surface area (Å²) in [6.07, 6.45) is -3.90. The first kappa shape index (κ1) is 41.0. The molecule has 0 saturated carbocycles. The van der Waals surface area contributed by atoms with E-state index < -0.39 is 59.5 Å². The van der Waals surface area contributed by atoms with Crippen LogP contribution in [0, 0.1) is 0 Å². The fraction of sp³-hybridized carbons (Fsp3) is 0.486. The number of hydrogen-bond donors (Lipinski definition) is 5. The monoisotopic (exact) mass is 699 g/mol. The van der Waals surface area contributed by atoms with Crippen molar-refractivity contribution >= 4 is 36.1 Å². The van der Waals surface area contributed by atoms with Crippen LogP contribution in [0.3, 0.4) is 0 Å². The van der Waals surface area contributed by atoms with E-state index in [2.05, 4.69) is 26.3 Å². The van der Waals surface area contributed by atoms with Gasteiger partial charge in [-0.25, -0.2) is 19.2 Å². The molecule has 0 spiro atoms. The molecule has 15 nitrogen and oxygen atoms in total. The van der Waals surface area contributed by atoms with E-state index in [1.54, 1.807) is 90.1 Å². The van der Waals surface area contributed by atoms with E-state index >= 15 is 0 Å². The Morgan fingerprint density at radius 3 is 1.66 bits per heavy atom. The Labute approximate surface area is 292 Å². The molecule has 2 rings (SSSR count). The number of nitrogens with one attached hydrogen (secondary N) is 4. The lowest BCUT2D eigenvalue weighted by Crippen LogP contribution is -2.55. The topological polar surface area (TPSA) is 203 Å². The lowest BCUT2D eigenvalue weighted by molar-refractivity contribution is -0.152. The minimum atomic E-state index is -1.45. The smallest absolute Gasteiger partial charge is 0.414 e. The van der Waals surface area contributed by atoms with Crippen LogP contribution in [0.25, 0.3) is 0 Å². The van der Waals surface area contributed by atoms with E-state index in [1.807, 2.05) is 12.1 Å². The van der Waals surface area contributed by atoms with Crippen molar-refractivity contribution < 1.29 is 48.0 Å². The van der Waals surface area contributed by atoms with Crippen LogP contribution in [0.2, 0.25) is 0 Å². The molecule has 0 radical (unpaired) electrons. The minimum Gasteiger partial charge on any atom is -0.459 e. The van der Waals surface area contributed by atoms with Gasteiger partial charge in [-0.1, -0.05) is 60.7 Å². The summed E-state index contributed by atoms with van der Waals surface area (Å²) < 4.78 is 21.1. The molecule has 50 heavy (non-hydrogen) atoms. The molecular formula is C35H49N5O10. The molecule has 0 aliphatic rings. The predicted molar refractivity (Wildman–Crippen MR) is 184 cm³/mol. The molecule has 0 aromatic heterocycles. The summed E-state index contributed by atoms with van der Waals surface area (Å²) in [5.74, 6) is -1.94. The average Bonchev–Trinajstić information content (AvgIpc) is 3.01. The van der Waals surface area contributed by atoms with Crippen molar-refractivity contribution in [1.29, 1.82) is 0 Å². The first-order chi connectivity index (χ1) is 23.4. The third-order valence-electron chi connectivity index (χ3n) is 6.24. The van der Waals surface area contributed by atoms with Gasteiger partial charge in [-0.05, 0) is 72.4 Å². The van der Waals surface area contributed by atoms with Crippen molar-refractivity contribution in [2.75, 3.05) is 6.54 Å². The highest BCUT2D eigenvalue weighted by atomic mass is 16.6. The van der Waals surface area contributed by atoms with Gasteiger partial charge in [0.05, 0.1) is 6.10 Å². The molecule has 15 heteroatoms. The molecule has 0 heterocycles. The zero-order chi connectivity index (χ0) is 37.3. The van der Waals surface area contributed by atoms with Crippen LogP contribution < -0.4 is 21.3 Å². The summed E-state index contributed by atoms with van der Waals surface area (Å²) in [4.78, 5) is 68.1. The van der Waals surface area contributed by atoms with Crippen molar-refractivity contribution in [3.8, 4) is 0 Å². The van der Waals surface area contributed by atoms with Gasteiger partial charge in [0, 0.05) is 6.54 Å². The van der Waals surface area contributed by atoms with Crippen molar-refractivity contribution in [2.45, 2.75) is 104 Å². The quantitative estimate of drug-likeness (QED) is 0.0667. The van der Waals surface area contributed by atoms with Crippen molar-refractivity contribution in [3.63, 3.8) is 0 Å². The minimum absolute atomic E-state index is 0.0342. The predicted octanol–water partition coefficient (Wildman–Crippen LogP) is 4.08. The number of amides is 4. The summed E-state index contributed by atoms with van der Waals surface area (Å²) in [7, 11) is 0. The Kier molecular flexibility index (Phi) is 16.2. The Bertz CT molecular complexity index is 1410. The van der Waals surface area contributed by atoms with Gasteiger partial charge in [-0.15, -0.1) is 0 Å². The largest absolute Gasteiger partial charge is 0.459 e. The van der Waals surface area contributed by atoms with Gasteiger partial charge in [-0.2, -0.15) is 0 Å². The van der Waals surface area contributed by atoms with E-state index in [4.69, 9.17) is 18.9 Å². The second-order valence-corrected chi connectivity index (χ2v) is 13.2. The van der Waals surface area contributed by atoms with Gasteiger partial charge in [0.15, 0.2) is 6.04 Å². The average molecular weight is 700 g/mol. The number of guanidine groups is 1. The maximum absolute atomic E-state index is 13.4.